The second kappa shape index (κ2) is 5.16. The Bertz CT molecular complexity index is 560. The molecule has 2 aromatic rings. The molecule has 0 amide bonds. The SMILES string of the molecule is Cc1nccc(C(NN)c2ccc(F)c(F)c2)n1. The van der Waals surface area contributed by atoms with Crippen LogP contribution in [0.15, 0.2) is 30.5 Å². The highest BCUT2D eigenvalue weighted by atomic mass is 19.2. The Kier molecular flexibility index (Phi) is 3.59. The van der Waals surface area contributed by atoms with Crippen LogP contribution in [0.3, 0.4) is 0 Å². The maximum atomic E-state index is 13.2. The summed E-state index contributed by atoms with van der Waals surface area (Å²) in [5, 5.41) is 0. The molecule has 0 fully saturated rings. The standard InChI is InChI=1S/C12H12F2N4/c1-7-16-5-4-11(17-7)12(18-15)8-2-3-9(13)10(14)6-8/h2-6,12,18H,15H2,1H3. The number of halogens is 2. The highest BCUT2D eigenvalue weighted by Gasteiger charge is 2.16. The summed E-state index contributed by atoms with van der Waals surface area (Å²) in [5.74, 6) is 4.21. The summed E-state index contributed by atoms with van der Waals surface area (Å²) in [4.78, 5) is 8.17. The summed E-state index contributed by atoms with van der Waals surface area (Å²) in [7, 11) is 0. The molecule has 2 rings (SSSR count). The fourth-order valence-electron chi connectivity index (χ4n) is 1.68. The first-order valence-corrected chi connectivity index (χ1v) is 5.32. The summed E-state index contributed by atoms with van der Waals surface area (Å²) in [6.07, 6.45) is 1.59. The van der Waals surface area contributed by atoms with Gasteiger partial charge in [-0.25, -0.2) is 24.2 Å². The fraction of sp³-hybridized carbons (Fsp3) is 0.167. The normalized spacial score (nSPS) is 12.4. The third-order valence-electron chi connectivity index (χ3n) is 2.54. The molecule has 0 aliphatic heterocycles. The van der Waals surface area contributed by atoms with Gasteiger partial charge in [-0.15, -0.1) is 0 Å². The Balaban J connectivity index is 2.42. The predicted octanol–water partition coefficient (Wildman–Crippen LogP) is 1.62. The molecule has 0 aliphatic rings. The number of benzene rings is 1. The molecule has 4 nitrogen and oxygen atoms in total. The lowest BCUT2D eigenvalue weighted by atomic mass is 10.0. The van der Waals surface area contributed by atoms with Gasteiger partial charge >= 0.3 is 0 Å². The van der Waals surface area contributed by atoms with Crippen LogP contribution in [0.25, 0.3) is 0 Å². The molecule has 0 bridgehead atoms. The average molecular weight is 250 g/mol. The Morgan fingerprint density at radius 3 is 2.61 bits per heavy atom. The topological polar surface area (TPSA) is 63.8 Å². The van der Waals surface area contributed by atoms with E-state index in [9.17, 15) is 8.78 Å². The minimum absolute atomic E-state index is 0.495. The maximum absolute atomic E-state index is 13.2. The van der Waals surface area contributed by atoms with Crippen LogP contribution in [0, 0.1) is 18.6 Å². The van der Waals surface area contributed by atoms with Gasteiger partial charge < -0.3 is 0 Å². The first-order valence-electron chi connectivity index (χ1n) is 5.32. The van der Waals surface area contributed by atoms with Crippen molar-refractivity contribution in [2.75, 3.05) is 0 Å². The summed E-state index contributed by atoms with van der Waals surface area (Å²) in [6.45, 7) is 1.74. The largest absolute Gasteiger partial charge is 0.271 e. The minimum atomic E-state index is -0.918. The molecule has 1 unspecified atom stereocenters. The van der Waals surface area contributed by atoms with E-state index in [4.69, 9.17) is 5.84 Å². The van der Waals surface area contributed by atoms with E-state index < -0.39 is 17.7 Å². The van der Waals surface area contributed by atoms with E-state index in [-0.39, 0.29) is 0 Å². The van der Waals surface area contributed by atoms with Gasteiger partial charge in [0.2, 0.25) is 0 Å². The van der Waals surface area contributed by atoms with Gasteiger partial charge in [0, 0.05) is 6.20 Å². The van der Waals surface area contributed by atoms with E-state index in [0.717, 1.165) is 12.1 Å². The number of aromatic nitrogens is 2. The van der Waals surface area contributed by atoms with E-state index in [2.05, 4.69) is 15.4 Å². The number of nitrogens with zero attached hydrogens (tertiary/aromatic N) is 2. The van der Waals surface area contributed by atoms with E-state index in [1.807, 2.05) is 0 Å². The third kappa shape index (κ3) is 2.49. The number of hydrazine groups is 1. The molecule has 94 valence electrons. The molecule has 1 heterocycles. The van der Waals surface area contributed by atoms with Crippen LogP contribution in [0.4, 0.5) is 8.78 Å². The third-order valence-corrected chi connectivity index (χ3v) is 2.54. The van der Waals surface area contributed by atoms with Crippen LogP contribution in [0.1, 0.15) is 23.1 Å². The van der Waals surface area contributed by atoms with Crippen molar-refractivity contribution >= 4 is 0 Å². The molecule has 1 atom stereocenters. The number of hydrogen-bond acceptors (Lipinski definition) is 4. The Labute approximate surface area is 103 Å². The lowest BCUT2D eigenvalue weighted by molar-refractivity contribution is 0.503. The van der Waals surface area contributed by atoms with Gasteiger partial charge in [-0.1, -0.05) is 6.07 Å². The number of aryl methyl sites for hydroxylation is 1. The van der Waals surface area contributed by atoms with Crippen molar-refractivity contribution in [3.8, 4) is 0 Å². The first-order chi connectivity index (χ1) is 8.61. The van der Waals surface area contributed by atoms with Gasteiger partial charge in [-0.2, -0.15) is 0 Å². The van der Waals surface area contributed by atoms with Crippen molar-refractivity contribution in [2.45, 2.75) is 13.0 Å². The van der Waals surface area contributed by atoms with Crippen molar-refractivity contribution in [1.29, 1.82) is 0 Å². The number of nitrogens with one attached hydrogen (secondary N) is 1. The van der Waals surface area contributed by atoms with E-state index >= 15 is 0 Å². The molecule has 0 radical (unpaired) electrons. The maximum Gasteiger partial charge on any atom is 0.159 e. The van der Waals surface area contributed by atoms with Crippen LogP contribution in [0.5, 0.6) is 0 Å². The van der Waals surface area contributed by atoms with Gasteiger partial charge in [0.25, 0.3) is 0 Å². The Morgan fingerprint density at radius 2 is 2.00 bits per heavy atom. The van der Waals surface area contributed by atoms with Crippen LogP contribution < -0.4 is 11.3 Å². The molecule has 0 spiro atoms. The molecule has 1 aromatic carbocycles. The van der Waals surface area contributed by atoms with Crippen LogP contribution >= 0.6 is 0 Å². The first kappa shape index (κ1) is 12.5. The van der Waals surface area contributed by atoms with Gasteiger partial charge in [-0.3, -0.25) is 5.84 Å². The second-order valence-electron chi connectivity index (χ2n) is 3.80. The van der Waals surface area contributed by atoms with E-state index in [1.54, 1.807) is 19.2 Å². The van der Waals surface area contributed by atoms with Crippen LogP contribution in [-0.2, 0) is 0 Å². The zero-order chi connectivity index (χ0) is 13.1. The molecule has 1 aromatic heterocycles. The molecule has 6 heteroatoms. The molecule has 3 N–H and O–H groups in total. The summed E-state index contributed by atoms with van der Waals surface area (Å²) >= 11 is 0. The van der Waals surface area contributed by atoms with E-state index in [0.29, 0.717) is 17.1 Å². The smallest absolute Gasteiger partial charge is 0.159 e. The predicted molar refractivity (Wildman–Crippen MR) is 62.3 cm³/mol. The van der Waals surface area contributed by atoms with Crippen molar-refractivity contribution in [2.24, 2.45) is 5.84 Å². The zero-order valence-electron chi connectivity index (χ0n) is 9.69. The molecule has 0 saturated heterocycles. The molecule has 18 heavy (non-hydrogen) atoms. The monoisotopic (exact) mass is 250 g/mol. The summed E-state index contributed by atoms with van der Waals surface area (Å²) in [6, 6.07) is 4.77. The lowest BCUT2D eigenvalue weighted by Crippen LogP contribution is -2.29. The Hall–Kier alpha value is -1.92. The molecular weight excluding hydrogens is 238 g/mol. The minimum Gasteiger partial charge on any atom is -0.271 e. The highest BCUT2D eigenvalue weighted by Crippen LogP contribution is 2.21. The van der Waals surface area contributed by atoms with Gasteiger partial charge in [0.15, 0.2) is 11.6 Å². The molecule has 0 saturated carbocycles. The van der Waals surface area contributed by atoms with E-state index in [1.165, 1.54) is 6.07 Å². The van der Waals surface area contributed by atoms with Gasteiger partial charge in [0.1, 0.15) is 5.82 Å². The van der Waals surface area contributed by atoms with Gasteiger partial charge in [-0.05, 0) is 30.7 Å². The number of rotatable bonds is 3. The average Bonchev–Trinajstić information content (AvgIpc) is 2.35. The molecular formula is C12H12F2N4. The van der Waals surface area contributed by atoms with Crippen molar-refractivity contribution in [3.63, 3.8) is 0 Å². The van der Waals surface area contributed by atoms with Crippen LogP contribution in [0.2, 0.25) is 0 Å². The van der Waals surface area contributed by atoms with Crippen LogP contribution in [-0.4, -0.2) is 9.97 Å². The van der Waals surface area contributed by atoms with Crippen molar-refractivity contribution in [3.05, 3.63) is 59.2 Å². The second-order valence-corrected chi connectivity index (χ2v) is 3.80. The van der Waals surface area contributed by atoms with Crippen molar-refractivity contribution in [1.82, 2.24) is 15.4 Å². The summed E-state index contributed by atoms with van der Waals surface area (Å²) < 4.78 is 26.1. The zero-order valence-corrected chi connectivity index (χ0v) is 9.69. The Morgan fingerprint density at radius 1 is 1.22 bits per heavy atom. The fourth-order valence-corrected chi connectivity index (χ4v) is 1.68. The van der Waals surface area contributed by atoms with Crippen molar-refractivity contribution < 1.29 is 8.78 Å². The number of nitrogens with two attached hydrogens (primary N) is 1. The van der Waals surface area contributed by atoms with Gasteiger partial charge in [0.05, 0.1) is 11.7 Å². The highest BCUT2D eigenvalue weighted by molar-refractivity contribution is 5.28. The number of hydrogen-bond donors (Lipinski definition) is 2. The molecule has 0 aliphatic carbocycles. The lowest BCUT2D eigenvalue weighted by Gasteiger charge is -2.16. The quantitative estimate of drug-likeness (QED) is 0.641. The summed E-state index contributed by atoms with van der Waals surface area (Å²) in [5.41, 5.74) is 3.62.